The molecule has 4 N–H and O–H groups in total. The van der Waals surface area contributed by atoms with E-state index in [9.17, 15) is 5.11 Å². The maximum Gasteiger partial charge on any atom is 0.207 e. The van der Waals surface area contributed by atoms with Crippen LogP contribution in [-0.4, -0.2) is 48.5 Å². The molecule has 0 unspecified atom stereocenters. The highest BCUT2D eigenvalue weighted by molar-refractivity contribution is 6.29. The van der Waals surface area contributed by atoms with Crippen LogP contribution in [-0.2, 0) is 4.74 Å². The maximum atomic E-state index is 10.00. The van der Waals surface area contributed by atoms with E-state index in [1.54, 1.807) is 0 Å². The Bertz CT molecular complexity index is 618. The van der Waals surface area contributed by atoms with Crippen LogP contribution in [0.15, 0.2) is 6.33 Å². The zero-order chi connectivity index (χ0) is 13.6. The van der Waals surface area contributed by atoms with E-state index in [4.69, 9.17) is 27.2 Å². The lowest BCUT2D eigenvalue weighted by Crippen LogP contribution is -2.20. The Morgan fingerprint density at radius 1 is 1.53 bits per heavy atom. The number of nitrogen functional groups attached to an aromatic ring is 1. The Morgan fingerprint density at radius 2 is 2.32 bits per heavy atom. The van der Waals surface area contributed by atoms with E-state index in [2.05, 4.69) is 15.0 Å². The van der Waals surface area contributed by atoms with E-state index in [1.165, 1.54) is 10.9 Å². The highest BCUT2D eigenvalue weighted by Crippen LogP contribution is 2.34. The zero-order valence-corrected chi connectivity index (χ0v) is 10.5. The van der Waals surface area contributed by atoms with Crippen LogP contribution in [0.3, 0.4) is 0 Å². The third-order valence-corrected chi connectivity index (χ3v) is 3.35. The first kappa shape index (κ1) is 12.5. The molecule has 3 heterocycles. The van der Waals surface area contributed by atoms with Gasteiger partial charge in [-0.1, -0.05) is 0 Å². The summed E-state index contributed by atoms with van der Waals surface area (Å²) in [5.74, 6) is 0.205. The van der Waals surface area contributed by atoms with Crippen LogP contribution in [0.5, 0.6) is 0 Å². The fourth-order valence-electron chi connectivity index (χ4n) is 2.20. The van der Waals surface area contributed by atoms with Crippen molar-refractivity contribution in [2.75, 3.05) is 12.3 Å². The van der Waals surface area contributed by atoms with Crippen LogP contribution < -0.4 is 5.73 Å². The Kier molecular flexibility index (Phi) is 3.02. The van der Waals surface area contributed by atoms with E-state index in [0.717, 1.165) is 0 Å². The van der Waals surface area contributed by atoms with Crippen molar-refractivity contribution in [3.05, 3.63) is 11.6 Å². The zero-order valence-electron chi connectivity index (χ0n) is 9.77. The summed E-state index contributed by atoms with van der Waals surface area (Å²) in [6, 6.07) is 0. The van der Waals surface area contributed by atoms with Crippen molar-refractivity contribution in [1.82, 2.24) is 19.5 Å². The number of imidazole rings is 1. The summed E-state index contributed by atoms with van der Waals surface area (Å²) < 4.78 is 6.99. The summed E-state index contributed by atoms with van der Waals surface area (Å²) in [5.41, 5.74) is 6.44. The number of halogens is 1. The number of nitrogens with zero attached hydrogens (tertiary/aromatic N) is 4. The number of rotatable bonds is 2. The van der Waals surface area contributed by atoms with Crippen molar-refractivity contribution in [1.29, 1.82) is 0 Å². The van der Waals surface area contributed by atoms with Gasteiger partial charge in [-0.25, -0.2) is 15.0 Å². The van der Waals surface area contributed by atoms with Crippen LogP contribution in [0, 0.1) is 0 Å². The quantitative estimate of drug-likeness (QED) is 0.648. The average molecular weight is 286 g/mol. The van der Waals surface area contributed by atoms with E-state index < -0.39 is 18.4 Å². The minimum absolute atomic E-state index is 0.102. The molecule has 0 saturated carbocycles. The largest absolute Gasteiger partial charge is 0.394 e. The topological polar surface area (TPSA) is 119 Å². The van der Waals surface area contributed by atoms with E-state index in [0.29, 0.717) is 17.6 Å². The minimum atomic E-state index is -0.803. The third kappa shape index (κ3) is 1.93. The first-order chi connectivity index (χ1) is 9.11. The summed E-state index contributed by atoms with van der Waals surface area (Å²) in [6.07, 6.45) is -0.380. The Morgan fingerprint density at radius 3 is 3.00 bits per heavy atom. The molecule has 3 atom stereocenters. The van der Waals surface area contributed by atoms with Gasteiger partial charge in [0.05, 0.1) is 12.7 Å². The normalized spacial score (nSPS) is 27.2. The summed E-state index contributed by atoms with van der Waals surface area (Å²) in [4.78, 5) is 12.0. The minimum Gasteiger partial charge on any atom is -0.394 e. The van der Waals surface area contributed by atoms with Gasteiger partial charge in [-0.15, -0.1) is 0 Å². The number of aliphatic hydroxyl groups excluding tert-OH is 2. The molecule has 0 radical (unpaired) electrons. The molecule has 19 heavy (non-hydrogen) atoms. The van der Waals surface area contributed by atoms with E-state index >= 15 is 0 Å². The molecule has 0 spiro atoms. The van der Waals surface area contributed by atoms with Gasteiger partial charge in [0.1, 0.15) is 12.4 Å². The van der Waals surface area contributed by atoms with Crippen LogP contribution in [0.25, 0.3) is 11.2 Å². The number of anilines is 1. The van der Waals surface area contributed by atoms with Crippen LogP contribution in [0.2, 0.25) is 5.28 Å². The highest BCUT2D eigenvalue weighted by Gasteiger charge is 2.37. The molecule has 8 nitrogen and oxygen atoms in total. The Hall–Kier alpha value is -1.48. The van der Waals surface area contributed by atoms with Gasteiger partial charge >= 0.3 is 0 Å². The first-order valence-corrected chi connectivity index (χ1v) is 6.08. The highest BCUT2D eigenvalue weighted by atomic mass is 35.5. The standard InChI is InChI=1S/C10H12ClN5O3/c11-10-15-6-7(12)13-3-14-8(6)16(10)9-5(18)1-4(2-17)19-9/h3-5,9,17-18H,1-2H2,(H2,12,13,14)/t4-,5+,9+/m0/s1. The average Bonchev–Trinajstić information content (AvgIpc) is 2.90. The number of nitrogens with two attached hydrogens (primary N) is 1. The van der Waals surface area contributed by atoms with Gasteiger partial charge < -0.3 is 20.7 Å². The number of hydrogen-bond donors (Lipinski definition) is 3. The number of hydrogen-bond acceptors (Lipinski definition) is 7. The number of ether oxygens (including phenoxy) is 1. The van der Waals surface area contributed by atoms with Gasteiger partial charge in [-0.05, 0) is 11.6 Å². The molecule has 3 rings (SSSR count). The molecule has 0 amide bonds. The molecule has 0 bridgehead atoms. The molecule has 2 aromatic heterocycles. The van der Waals surface area contributed by atoms with Gasteiger partial charge in [0.15, 0.2) is 23.2 Å². The molecule has 0 aliphatic carbocycles. The second kappa shape index (κ2) is 4.57. The van der Waals surface area contributed by atoms with Crippen molar-refractivity contribution in [3.8, 4) is 0 Å². The predicted molar refractivity (Wildman–Crippen MR) is 66.4 cm³/mol. The molecule has 102 valence electrons. The lowest BCUT2D eigenvalue weighted by Gasteiger charge is -2.17. The molecule has 1 fully saturated rings. The van der Waals surface area contributed by atoms with Gasteiger partial charge in [-0.3, -0.25) is 4.57 Å². The van der Waals surface area contributed by atoms with Crippen molar-refractivity contribution >= 4 is 28.6 Å². The molecule has 0 aromatic carbocycles. The molecule has 1 aliphatic heterocycles. The van der Waals surface area contributed by atoms with Gasteiger partial charge in [0, 0.05) is 6.42 Å². The molecular weight excluding hydrogens is 274 g/mol. The third-order valence-electron chi connectivity index (χ3n) is 3.09. The molecule has 9 heteroatoms. The molecule has 2 aromatic rings. The van der Waals surface area contributed by atoms with Gasteiger partial charge in [-0.2, -0.15) is 0 Å². The van der Waals surface area contributed by atoms with Crippen molar-refractivity contribution in [2.24, 2.45) is 0 Å². The van der Waals surface area contributed by atoms with Crippen molar-refractivity contribution in [2.45, 2.75) is 24.9 Å². The predicted octanol–water partition coefficient (Wildman–Crippen LogP) is -0.297. The summed E-state index contributed by atoms with van der Waals surface area (Å²) in [6.45, 7) is -0.172. The van der Waals surface area contributed by atoms with E-state index in [1.807, 2.05) is 0 Å². The second-order valence-electron chi connectivity index (χ2n) is 4.32. The van der Waals surface area contributed by atoms with E-state index in [-0.39, 0.29) is 17.7 Å². The second-order valence-corrected chi connectivity index (χ2v) is 4.65. The maximum absolute atomic E-state index is 10.00. The fraction of sp³-hybridized carbons (Fsp3) is 0.500. The number of fused-ring (bicyclic) bond motifs is 1. The lowest BCUT2D eigenvalue weighted by molar-refractivity contribution is -0.0485. The monoisotopic (exact) mass is 285 g/mol. The van der Waals surface area contributed by atoms with Crippen molar-refractivity contribution < 1.29 is 14.9 Å². The summed E-state index contributed by atoms with van der Waals surface area (Å²) in [5, 5.41) is 19.2. The molecule has 1 aliphatic rings. The fourth-order valence-corrected chi connectivity index (χ4v) is 2.47. The summed E-state index contributed by atoms with van der Waals surface area (Å²) in [7, 11) is 0. The van der Waals surface area contributed by atoms with Crippen molar-refractivity contribution in [3.63, 3.8) is 0 Å². The number of aromatic nitrogens is 4. The smallest absolute Gasteiger partial charge is 0.207 e. The van der Waals surface area contributed by atoms with Crippen LogP contribution in [0.1, 0.15) is 12.6 Å². The Balaban J connectivity index is 2.10. The SMILES string of the molecule is Nc1ncnc2c1nc(Cl)n2[C@@H]1O[C@H](CO)C[C@H]1O. The van der Waals surface area contributed by atoms with Gasteiger partial charge in [0.2, 0.25) is 5.28 Å². The summed E-state index contributed by atoms with van der Waals surface area (Å²) >= 11 is 6.05. The lowest BCUT2D eigenvalue weighted by atomic mass is 10.2. The van der Waals surface area contributed by atoms with Gasteiger partial charge in [0.25, 0.3) is 0 Å². The first-order valence-electron chi connectivity index (χ1n) is 5.70. The Labute approximate surface area is 112 Å². The number of aliphatic hydroxyl groups is 2. The van der Waals surface area contributed by atoms with Crippen LogP contribution >= 0.6 is 11.6 Å². The molecular formula is C10H12ClN5O3. The van der Waals surface area contributed by atoms with Crippen LogP contribution in [0.4, 0.5) is 5.82 Å². The molecule has 1 saturated heterocycles.